The molecule has 0 aliphatic heterocycles. The first-order valence-corrected chi connectivity index (χ1v) is 4.58. The minimum absolute atomic E-state index is 0.131. The van der Waals surface area contributed by atoms with E-state index in [4.69, 9.17) is 4.42 Å². The Hall–Kier alpha value is -2.10. The molecule has 1 heterocycles. The first-order chi connectivity index (χ1) is 7.36. The van der Waals surface area contributed by atoms with Crippen LogP contribution in [0.25, 0.3) is 0 Å². The van der Waals surface area contributed by atoms with Gasteiger partial charge in [-0.15, -0.1) is 0 Å². The molecule has 2 rings (SSSR count). The molecule has 0 saturated carbocycles. The topological polar surface area (TPSA) is 55.1 Å². The van der Waals surface area contributed by atoms with E-state index in [2.05, 4.69) is 10.3 Å². The van der Waals surface area contributed by atoms with Crippen molar-refractivity contribution in [3.8, 4) is 0 Å². The second-order valence-corrected chi connectivity index (χ2v) is 2.97. The van der Waals surface area contributed by atoms with Crippen molar-refractivity contribution >= 4 is 5.91 Å². The van der Waals surface area contributed by atoms with E-state index in [0.717, 1.165) is 0 Å². The van der Waals surface area contributed by atoms with Crippen LogP contribution in [0.5, 0.6) is 0 Å². The molecule has 0 radical (unpaired) electrons. The highest BCUT2D eigenvalue weighted by atomic mass is 16.3. The fourth-order valence-electron chi connectivity index (χ4n) is 1.19. The van der Waals surface area contributed by atoms with Gasteiger partial charge in [0.1, 0.15) is 6.26 Å². The lowest BCUT2D eigenvalue weighted by Crippen LogP contribution is -2.22. The Bertz CT molecular complexity index is 423. The van der Waals surface area contributed by atoms with Crippen LogP contribution >= 0.6 is 0 Å². The van der Waals surface area contributed by atoms with Crippen molar-refractivity contribution in [2.24, 2.45) is 0 Å². The van der Waals surface area contributed by atoms with Crippen LogP contribution in [0, 0.1) is 0 Å². The number of hydrogen-bond donors (Lipinski definition) is 1. The van der Waals surface area contributed by atoms with Gasteiger partial charge in [0.2, 0.25) is 5.89 Å². The molecule has 2 aromatic rings. The molecule has 4 heteroatoms. The van der Waals surface area contributed by atoms with E-state index in [1.807, 2.05) is 18.2 Å². The van der Waals surface area contributed by atoms with Crippen LogP contribution in [-0.4, -0.2) is 10.9 Å². The summed E-state index contributed by atoms with van der Waals surface area (Å²) < 4.78 is 4.99. The number of rotatable bonds is 3. The summed E-state index contributed by atoms with van der Waals surface area (Å²) in [6, 6.07) is 9.01. The third-order valence-electron chi connectivity index (χ3n) is 1.92. The van der Waals surface area contributed by atoms with Gasteiger partial charge in [-0.25, -0.2) is 4.98 Å². The number of benzene rings is 1. The largest absolute Gasteiger partial charge is 0.447 e. The highest BCUT2D eigenvalue weighted by molar-refractivity contribution is 5.93. The molecular weight excluding hydrogens is 192 g/mol. The van der Waals surface area contributed by atoms with Crippen LogP contribution < -0.4 is 5.32 Å². The SMILES string of the molecule is O=C(NCc1ncco1)c1ccccc1. The van der Waals surface area contributed by atoms with Gasteiger partial charge >= 0.3 is 0 Å². The summed E-state index contributed by atoms with van der Waals surface area (Å²) in [5.74, 6) is 0.369. The van der Waals surface area contributed by atoms with Crippen LogP contribution in [0.1, 0.15) is 16.2 Å². The maximum Gasteiger partial charge on any atom is 0.251 e. The normalized spacial score (nSPS) is 9.87. The molecular formula is C11H10N2O2. The Morgan fingerprint density at radius 1 is 1.33 bits per heavy atom. The number of nitrogens with zero attached hydrogens (tertiary/aromatic N) is 1. The molecule has 1 aromatic carbocycles. The van der Waals surface area contributed by atoms with E-state index < -0.39 is 0 Å². The summed E-state index contributed by atoms with van der Waals surface area (Å²) in [7, 11) is 0. The van der Waals surface area contributed by atoms with Gasteiger partial charge < -0.3 is 9.73 Å². The lowest BCUT2D eigenvalue weighted by molar-refractivity contribution is 0.0947. The van der Waals surface area contributed by atoms with Crippen LogP contribution in [0.3, 0.4) is 0 Å². The lowest BCUT2D eigenvalue weighted by Gasteiger charge is -2.01. The molecule has 0 fully saturated rings. The van der Waals surface area contributed by atoms with Gasteiger partial charge in [0.15, 0.2) is 0 Å². The Balaban J connectivity index is 1.94. The van der Waals surface area contributed by atoms with Gasteiger partial charge in [-0.05, 0) is 12.1 Å². The van der Waals surface area contributed by atoms with Crippen molar-refractivity contribution in [1.29, 1.82) is 0 Å². The van der Waals surface area contributed by atoms with Crippen molar-refractivity contribution in [2.45, 2.75) is 6.54 Å². The maximum absolute atomic E-state index is 11.6. The summed E-state index contributed by atoms with van der Waals surface area (Å²) in [6.07, 6.45) is 3.02. The first-order valence-electron chi connectivity index (χ1n) is 4.58. The van der Waals surface area contributed by atoms with Crippen LogP contribution in [0.4, 0.5) is 0 Å². The zero-order chi connectivity index (χ0) is 10.5. The zero-order valence-corrected chi connectivity index (χ0v) is 8.01. The lowest BCUT2D eigenvalue weighted by atomic mass is 10.2. The number of carbonyl (C=O) groups is 1. The fraction of sp³-hybridized carbons (Fsp3) is 0.0909. The summed E-state index contributed by atoms with van der Waals surface area (Å²) in [5, 5.41) is 2.71. The van der Waals surface area contributed by atoms with Crippen LogP contribution in [0.15, 0.2) is 47.2 Å². The number of amides is 1. The Labute approximate surface area is 86.9 Å². The number of nitrogens with one attached hydrogen (secondary N) is 1. The average molecular weight is 202 g/mol. The van der Waals surface area contributed by atoms with E-state index in [9.17, 15) is 4.79 Å². The molecule has 0 aliphatic rings. The zero-order valence-electron chi connectivity index (χ0n) is 8.01. The van der Waals surface area contributed by atoms with Crippen molar-refractivity contribution < 1.29 is 9.21 Å². The monoisotopic (exact) mass is 202 g/mol. The Morgan fingerprint density at radius 2 is 2.13 bits per heavy atom. The quantitative estimate of drug-likeness (QED) is 0.822. The second kappa shape index (κ2) is 4.41. The number of carbonyl (C=O) groups excluding carboxylic acids is 1. The molecule has 4 nitrogen and oxygen atoms in total. The summed E-state index contributed by atoms with van der Waals surface area (Å²) in [6.45, 7) is 0.306. The predicted octanol–water partition coefficient (Wildman–Crippen LogP) is 1.60. The summed E-state index contributed by atoms with van der Waals surface area (Å²) >= 11 is 0. The van der Waals surface area contributed by atoms with Crippen molar-refractivity contribution in [2.75, 3.05) is 0 Å². The van der Waals surface area contributed by atoms with Gasteiger partial charge in [-0.3, -0.25) is 4.79 Å². The van der Waals surface area contributed by atoms with Gasteiger partial charge in [0.25, 0.3) is 5.91 Å². The Morgan fingerprint density at radius 3 is 2.80 bits per heavy atom. The molecule has 0 spiro atoms. The molecule has 0 bridgehead atoms. The van der Waals surface area contributed by atoms with E-state index >= 15 is 0 Å². The van der Waals surface area contributed by atoms with Crippen molar-refractivity contribution in [3.63, 3.8) is 0 Å². The molecule has 1 amide bonds. The minimum Gasteiger partial charge on any atom is -0.447 e. The van der Waals surface area contributed by atoms with Crippen LogP contribution in [0.2, 0.25) is 0 Å². The van der Waals surface area contributed by atoms with E-state index in [1.54, 1.807) is 18.3 Å². The van der Waals surface area contributed by atoms with Crippen molar-refractivity contribution in [1.82, 2.24) is 10.3 Å². The number of aromatic nitrogens is 1. The third-order valence-corrected chi connectivity index (χ3v) is 1.92. The van der Waals surface area contributed by atoms with E-state index in [1.165, 1.54) is 6.26 Å². The standard InChI is InChI=1S/C11H10N2O2/c14-11(9-4-2-1-3-5-9)13-8-10-12-6-7-15-10/h1-7H,8H2,(H,13,14). The summed E-state index contributed by atoms with van der Waals surface area (Å²) in [4.78, 5) is 15.5. The van der Waals surface area contributed by atoms with Gasteiger partial charge in [-0.2, -0.15) is 0 Å². The molecule has 1 N–H and O–H groups in total. The second-order valence-electron chi connectivity index (χ2n) is 2.97. The molecule has 76 valence electrons. The van der Waals surface area contributed by atoms with Gasteiger partial charge in [-0.1, -0.05) is 18.2 Å². The molecule has 1 aromatic heterocycles. The predicted molar refractivity (Wildman–Crippen MR) is 54.1 cm³/mol. The maximum atomic E-state index is 11.6. The smallest absolute Gasteiger partial charge is 0.251 e. The third kappa shape index (κ3) is 2.43. The minimum atomic E-state index is -0.131. The summed E-state index contributed by atoms with van der Waals surface area (Å²) in [5.41, 5.74) is 0.629. The Kier molecular flexibility index (Phi) is 2.78. The number of hydrogen-bond acceptors (Lipinski definition) is 3. The average Bonchev–Trinajstić information content (AvgIpc) is 2.80. The molecule has 0 atom stereocenters. The van der Waals surface area contributed by atoms with Crippen molar-refractivity contribution in [3.05, 3.63) is 54.2 Å². The van der Waals surface area contributed by atoms with Crippen LogP contribution in [-0.2, 0) is 6.54 Å². The molecule has 0 unspecified atom stereocenters. The van der Waals surface area contributed by atoms with Gasteiger partial charge in [0, 0.05) is 5.56 Å². The molecule has 0 aliphatic carbocycles. The highest BCUT2D eigenvalue weighted by Crippen LogP contribution is 1.99. The first kappa shape index (κ1) is 9.45. The molecule has 15 heavy (non-hydrogen) atoms. The highest BCUT2D eigenvalue weighted by Gasteiger charge is 2.04. The fourth-order valence-corrected chi connectivity index (χ4v) is 1.19. The molecule has 0 saturated heterocycles. The van der Waals surface area contributed by atoms with E-state index in [-0.39, 0.29) is 5.91 Å². The van der Waals surface area contributed by atoms with Gasteiger partial charge in [0.05, 0.1) is 12.7 Å². The number of oxazole rings is 1. The van der Waals surface area contributed by atoms with E-state index in [0.29, 0.717) is 18.0 Å².